The van der Waals surface area contributed by atoms with Crippen molar-refractivity contribution in [3.8, 4) is 0 Å². The fourth-order valence-corrected chi connectivity index (χ4v) is 1.91. The summed E-state index contributed by atoms with van der Waals surface area (Å²) in [4.78, 5) is 32.7. The second-order valence-corrected chi connectivity index (χ2v) is 3.92. The summed E-state index contributed by atoms with van der Waals surface area (Å²) in [7, 11) is 1.33. The van der Waals surface area contributed by atoms with Gasteiger partial charge < -0.3 is 9.64 Å². The van der Waals surface area contributed by atoms with Crippen LogP contribution >= 0.6 is 0 Å². The Hall–Kier alpha value is -1.98. The molecule has 1 aromatic heterocycles. The van der Waals surface area contributed by atoms with E-state index in [1.807, 2.05) is 0 Å². The molecule has 1 amide bonds. The molecule has 2 heterocycles. The average Bonchev–Trinajstić information content (AvgIpc) is 2.71. The SMILES string of the molecule is COC(=O)C1CC(=O)N(c2cncnc2C)C1. The maximum Gasteiger partial charge on any atom is 0.311 e. The van der Waals surface area contributed by atoms with E-state index in [9.17, 15) is 9.59 Å². The first kappa shape index (κ1) is 11.5. The molecule has 1 fully saturated rings. The van der Waals surface area contributed by atoms with Crippen molar-refractivity contribution < 1.29 is 14.3 Å². The molecule has 0 aliphatic carbocycles. The lowest BCUT2D eigenvalue weighted by Crippen LogP contribution is -2.27. The highest BCUT2D eigenvalue weighted by atomic mass is 16.5. The molecule has 0 bridgehead atoms. The Morgan fingerprint density at radius 1 is 1.59 bits per heavy atom. The second kappa shape index (κ2) is 4.48. The van der Waals surface area contributed by atoms with Gasteiger partial charge in [-0.25, -0.2) is 9.97 Å². The first-order valence-electron chi connectivity index (χ1n) is 5.28. The van der Waals surface area contributed by atoms with Gasteiger partial charge >= 0.3 is 5.97 Å². The summed E-state index contributed by atoms with van der Waals surface area (Å²) in [5, 5.41) is 0. The van der Waals surface area contributed by atoms with Gasteiger partial charge in [-0.3, -0.25) is 9.59 Å². The number of carbonyl (C=O) groups excluding carboxylic acids is 2. The van der Waals surface area contributed by atoms with Crippen LogP contribution in [0.15, 0.2) is 12.5 Å². The highest BCUT2D eigenvalue weighted by Crippen LogP contribution is 2.26. The highest BCUT2D eigenvalue weighted by molar-refractivity contribution is 5.99. The largest absolute Gasteiger partial charge is 0.469 e. The van der Waals surface area contributed by atoms with Crippen molar-refractivity contribution in [1.29, 1.82) is 0 Å². The summed E-state index contributed by atoms with van der Waals surface area (Å²) in [6, 6.07) is 0. The predicted octanol–water partition coefficient (Wildman–Crippen LogP) is 0.311. The Bertz CT molecular complexity index is 461. The minimum absolute atomic E-state index is 0.0988. The number of hydrogen-bond acceptors (Lipinski definition) is 5. The molecule has 6 heteroatoms. The quantitative estimate of drug-likeness (QED) is 0.690. The Morgan fingerprint density at radius 2 is 2.35 bits per heavy atom. The van der Waals surface area contributed by atoms with Crippen molar-refractivity contribution in [2.45, 2.75) is 13.3 Å². The van der Waals surface area contributed by atoms with Crippen LogP contribution in [-0.2, 0) is 14.3 Å². The smallest absolute Gasteiger partial charge is 0.311 e. The van der Waals surface area contributed by atoms with E-state index in [1.165, 1.54) is 18.3 Å². The molecule has 1 aliphatic heterocycles. The monoisotopic (exact) mass is 235 g/mol. The minimum atomic E-state index is -0.396. The van der Waals surface area contributed by atoms with Gasteiger partial charge in [0.05, 0.1) is 30.6 Å². The van der Waals surface area contributed by atoms with Crippen molar-refractivity contribution >= 4 is 17.6 Å². The third-order valence-electron chi connectivity index (χ3n) is 2.84. The third-order valence-corrected chi connectivity index (χ3v) is 2.84. The van der Waals surface area contributed by atoms with E-state index in [-0.39, 0.29) is 18.3 Å². The van der Waals surface area contributed by atoms with Gasteiger partial charge in [0.15, 0.2) is 0 Å². The summed E-state index contributed by atoms with van der Waals surface area (Å²) >= 11 is 0. The molecule has 0 N–H and O–H groups in total. The van der Waals surface area contributed by atoms with Crippen LogP contribution in [0.5, 0.6) is 0 Å². The normalized spacial score (nSPS) is 19.5. The Kier molecular flexibility index (Phi) is 3.03. The number of aryl methyl sites for hydroxylation is 1. The topological polar surface area (TPSA) is 72.4 Å². The zero-order chi connectivity index (χ0) is 12.4. The lowest BCUT2D eigenvalue weighted by molar-refractivity contribution is -0.145. The number of anilines is 1. The molecule has 90 valence electrons. The number of nitrogens with zero attached hydrogens (tertiary/aromatic N) is 3. The zero-order valence-corrected chi connectivity index (χ0v) is 9.71. The van der Waals surface area contributed by atoms with E-state index in [1.54, 1.807) is 13.1 Å². The van der Waals surface area contributed by atoms with E-state index in [4.69, 9.17) is 0 Å². The molecule has 0 radical (unpaired) electrons. The first-order chi connectivity index (χ1) is 8.13. The average molecular weight is 235 g/mol. The Morgan fingerprint density at radius 3 is 3.00 bits per heavy atom. The molecular weight excluding hydrogens is 222 g/mol. The van der Waals surface area contributed by atoms with E-state index in [0.717, 1.165) is 5.69 Å². The molecule has 1 atom stereocenters. The van der Waals surface area contributed by atoms with Crippen LogP contribution in [0.3, 0.4) is 0 Å². The number of ether oxygens (including phenoxy) is 1. The van der Waals surface area contributed by atoms with Gasteiger partial charge in [-0.2, -0.15) is 0 Å². The maximum absolute atomic E-state index is 11.8. The maximum atomic E-state index is 11.8. The highest BCUT2D eigenvalue weighted by Gasteiger charge is 2.36. The number of rotatable bonds is 2. The summed E-state index contributed by atoms with van der Waals surface area (Å²) in [6.07, 6.45) is 3.19. The molecule has 0 spiro atoms. The van der Waals surface area contributed by atoms with Crippen molar-refractivity contribution in [2.24, 2.45) is 5.92 Å². The number of aromatic nitrogens is 2. The van der Waals surface area contributed by atoms with E-state index < -0.39 is 5.92 Å². The van der Waals surface area contributed by atoms with Crippen molar-refractivity contribution in [3.63, 3.8) is 0 Å². The minimum Gasteiger partial charge on any atom is -0.469 e. The van der Waals surface area contributed by atoms with Crippen LogP contribution < -0.4 is 4.90 Å². The van der Waals surface area contributed by atoms with Crippen LogP contribution in [0.4, 0.5) is 5.69 Å². The van der Waals surface area contributed by atoms with E-state index in [2.05, 4.69) is 14.7 Å². The van der Waals surface area contributed by atoms with Crippen LogP contribution in [0.2, 0.25) is 0 Å². The number of amides is 1. The van der Waals surface area contributed by atoms with E-state index >= 15 is 0 Å². The summed E-state index contributed by atoms with van der Waals surface area (Å²) < 4.78 is 4.65. The van der Waals surface area contributed by atoms with Crippen molar-refractivity contribution in [3.05, 3.63) is 18.2 Å². The van der Waals surface area contributed by atoms with Gasteiger partial charge in [0, 0.05) is 13.0 Å². The second-order valence-electron chi connectivity index (χ2n) is 3.92. The Balaban J connectivity index is 2.22. The van der Waals surface area contributed by atoms with Gasteiger partial charge in [-0.05, 0) is 6.92 Å². The van der Waals surface area contributed by atoms with Crippen LogP contribution in [0, 0.1) is 12.8 Å². The van der Waals surface area contributed by atoms with Gasteiger partial charge in [0.1, 0.15) is 6.33 Å². The lowest BCUT2D eigenvalue weighted by atomic mass is 10.1. The zero-order valence-electron chi connectivity index (χ0n) is 9.71. The number of hydrogen-bond donors (Lipinski definition) is 0. The molecule has 6 nitrogen and oxygen atoms in total. The molecule has 1 aliphatic rings. The molecule has 1 saturated heterocycles. The lowest BCUT2D eigenvalue weighted by Gasteiger charge is -2.17. The van der Waals surface area contributed by atoms with E-state index in [0.29, 0.717) is 12.2 Å². The number of methoxy groups -OCH3 is 1. The molecule has 1 unspecified atom stereocenters. The fraction of sp³-hybridized carbons (Fsp3) is 0.455. The third kappa shape index (κ3) is 2.11. The van der Waals surface area contributed by atoms with Crippen molar-refractivity contribution in [2.75, 3.05) is 18.6 Å². The molecular formula is C11H13N3O3. The van der Waals surface area contributed by atoms with Crippen LogP contribution in [0.1, 0.15) is 12.1 Å². The Labute approximate surface area is 98.6 Å². The van der Waals surface area contributed by atoms with Gasteiger partial charge in [0.25, 0.3) is 0 Å². The summed E-state index contributed by atoms with van der Waals surface area (Å²) in [5.74, 6) is -0.847. The van der Waals surface area contributed by atoms with Crippen LogP contribution in [0.25, 0.3) is 0 Å². The van der Waals surface area contributed by atoms with Crippen LogP contribution in [-0.4, -0.2) is 35.5 Å². The van der Waals surface area contributed by atoms with Gasteiger partial charge in [-0.15, -0.1) is 0 Å². The fourth-order valence-electron chi connectivity index (χ4n) is 1.91. The number of carbonyl (C=O) groups is 2. The van der Waals surface area contributed by atoms with Gasteiger partial charge in [-0.1, -0.05) is 0 Å². The predicted molar refractivity (Wildman–Crippen MR) is 59.2 cm³/mol. The molecule has 0 saturated carbocycles. The molecule has 2 rings (SSSR count). The standard InChI is InChI=1S/C11H13N3O3/c1-7-9(4-12-6-13-7)14-5-8(3-10(14)15)11(16)17-2/h4,6,8H,3,5H2,1-2H3. The van der Waals surface area contributed by atoms with Gasteiger partial charge in [0.2, 0.25) is 5.91 Å². The summed E-state index contributed by atoms with van der Waals surface area (Å²) in [6.45, 7) is 2.13. The van der Waals surface area contributed by atoms with Crippen molar-refractivity contribution in [1.82, 2.24) is 9.97 Å². The summed E-state index contributed by atoms with van der Waals surface area (Å²) in [5.41, 5.74) is 1.38. The first-order valence-corrected chi connectivity index (χ1v) is 5.28. The molecule has 1 aromatic rings. The molecule has 17 heavy (non-hydrogen) atoms. The number of esters is 1. The molecule has 0 aromatic carbocycles.